The van der Waals surface area contributed by atoms with E-state index in [4.69, 9.17) is 9.15 Å². The lowest BCUT2D eigenvalue weighted by molar-refractivity contribution is 0.0571. The predicted molar refractivity (Wildman–Crippen MR) is 117 cm³/mol. The van der Waals surface area contributed by atoms with Crippen molar-refractivity contribution in [1.82, 2.24) is 14.8 Å². The molecule has 0 N–H and O–H groups in total. The summed E-state index contributed by atoms with van der Waals surface area (Å²) in [4.78, 5) is 32.9. The zero-order valence-electron chi connectivity index (χ0n) is 17.7. The first-order valence-electron chi connectivity index (χ1n) is 10.4. The molecule has 0 bridgehead atoms. The van der Waals surface area contributed by atoms with Crippen LogP contribution < -0.4 is 0 Å². The minimum absolute atomic E-state index is 0.103. The van der Waals surface area contributed by atoms with E-state index in [2.05, 4.69) is 4.98 Å². The summed E-state index contributed by atoms with van der Waals surface area (Å²) in [6.07, 6.45) is 1.35. The van der Waals surface area contributed by atoms with Crippen LogP contribution in [0.25, 0.3) is 22.8 Å². The third-order valence-electron chi connectivity index (χ3n) is 5.32. The first kappa shape index (κ1) is 20.7. The molecule has 0 atom stereocenters. The maximum atomic E-state index is 13.2. The van der Waals surface area contributed by atoms with Crippen LogP contribution in [0.5, 0.6) is 0 Å². The van der Waals surface area contributed by atoms with Crippen LogP contribution in [0.3, 0.4) is 0 Å². The van der Waals surface area contributed by atoms with E-state index in [0.29, 0.717) is 55.6 Å². The Bertz CT molecular complexity index is 1070. The average molecular weight is 419 g/mol. The molecule has 2 amide bonds. The van der Waals surface area contributed by atoms with E-state index in [0.717, 1.165) is 5.56 Å². The number of amides is 2. The SMILES string of the molecule is CCOC(=O)N1CCN(C(=O)c2ccccc2-c2ncc(-c3ccc(C)cc3)o2)CC1. The summed E-state index contributed by atoms with van der Waals surface area (Å²) in [6, 6.07) is 15.3. The van der Waals surface area contributed by atoms with Crippen molar-refractivity contribution >= 4 is 12.0 Å². The molecule has 1 saturated heterocycles. The number of carbonyl (C=O) groups excluding carboxylic acids is 2. The molecule has 2 heterocycles. The zero-order chi connectivity index (χ0) is 21.8. The van der Waals surface area contributed by atoms with Gasteiger partial charge in [-0.3, -0.25) is 4.79 Å². The molecule has 0 unspecified atom stereocenters. The number of nitrogens with zero attached hydrogens (tertiary/aromatic N) is 3. The zero-order valence-corrected chi connectivity index (χ0v) is 17.7. The minimum Gasteiger partial charge on any atom is -0.450 e. The minimum atomic E-state index is -0.335. The number of aromatic nitrogens is 1. The Balaban J connectivity index is 1.52. The van der Waals surface area contributed by atoms with Crippen LogP contribution in [0, 0.1) is 6.92 Å². The van der Waals surface area contributed by atoms with Crippen molar-refractivity contribution in [2.24, 2.45) is 0 Å². The van der Waals surface area contributed by atoms with Gasteiger partial charge in [0.05, 0.1) is 18.4 Å². The Morgan fingerprint density at radius 3 is 2.39 bits per heavy atom. The van der Waals surface area contributed by atoms with E-state index in [1.165, 1.54) is 5.56 Å². The van der Waals surface area contributed by atoms with E-state index in [1.807, 2.05) is 49.4 Å². The number of hydrogen-bond acceptors (Lipinski definition) is 5. The third-order valence-corrected chi connectivity index (χ3v) is 5.32. The van der Waals surface area contributed by atoms with Crippen LogP contribution >= 0.6 is 0 Å². The van der Waals surface area contributed by atoms with E-state index in [-0.39, 0.29) is 12.0 Å². The second-order valence-corrected chi connectivity index (χ2v) is 7.42. The molecule has 7 heteroatoms. The summed E-state index contributed by atoms with van der Waals surface area (Å²) in [5.41, 5.74) is 3.29. The molecule has 1 aliphatic rings. The number of ether oxygens (including phenoxy) is 1. The second kappa shape index (κ2) is 9.04. The number of piperazine rings is 1. The van der Waals surface area contributed by atoms with Crippen LogP contribution in [0.15, 0.2) is 59.1 Å². The van der Waals surface area contributed by atoms with Crippen molar-refractivity contribution in [3.05, 3.63) is 65.9 Å². The quantitative estimate of drug-likeness (QED) is 0.633. The Morgan fingerprint density at radius 1 is 1.00 bits per heavy atom. The number of carbonyl (C=O) groups is 2. The Morgan fingerprint density at radius 2 is 1.68 bits per heavy atom. The fourth-order valence-corrected chi connectivity index (χ4v) is 3.58. The molecule has 1 fully saturated rings. The molecular formula is C24H25N3O4. The van der Waals surface area contributed by atoms with Gasteiger partial charge in [0.1, 0.15) is 0 Å². The smallest absolute Gasteiger partial charge is 0.409 e. The molecule has 1 aromatic heterocycles. The first-order chi connectivity index (χ1) is 15.1. The monoisotopic (exact) mass is 419 g/mol. The average Bonchev–Trinajstić information content (AvgIpc) is 3.29. The van der Waals surface area contributed by atoms with Crippen LogP contribution in [-0.2, 0) is 4.74 Å². The maximum Gasteiger partial charge on any atom is 0.409 e. The van der Waals surface area contributed by atoms with Crippen molar-refractivity contribution in [2.75, 3.05) is 32.8 Å². The van der Waals surface area contributed by atoms with Gasteiger partial charge in [-0.15, -0.1) is 0 Å². The summed E-state index contributed by atoms with van der Waals surface area (Å²) in [5.74, 6) is 0.958. The lowest BCUT2D eigenvalue weighted by Crippen LogP contribution is -2.50. The Hall–Kier alpha value is -3.61. The van der Waals surface area contributed by atoms with Crippen LogP contribution in [0.4, 0.5) is 4.79 Å². The Kier molecular flexibility index (Phi) is 6.02. The first-order valence-corrected chi connectivity index (χ1v) is 10.4. The van der Waals surface area contributed by atoms with Crippen molar-refractivity contribution in [3.63, 3.8) is 0 Å². The summed E-state index contributed by atoms with van der Waals surface area (Å²) >= 11 is 0. The topological polar surface area (TPSA) is 75.9 Å². The normalized spacial score (nSPS) is 13.9. The molecule has 7 nitrogen and oxygen atoms in total. The fraction of sp³-hybridized carbons (Fsp3) is 0.292. The van der Waals surface area contributed by atoms with Gasteiger partial charge in [-0.25, -0.2) is 9.78 Å². The molecule has 1 aliphatic heterocycles. The number of aryl methyl sites for hydroxylation is 1. The van der Waals surface area contributed by atoms with Gasteiger partial charge in [-0.1, -0.05) is 42.0 Å². The van der Waals surface area contributed by atoms with E-state index in [9.17, 15) is 9.59 Å². The van der Waals surface area contributed by atoms with E-state index < -0.39 is 0 Å². The standard InChI is InChI=1S/C24H25N3O4/c1-3-30-24(29)27-14-12-26(13-15-27)23(28)20-7-5-4-6-19(20)22-25-16-21(31-22)18-10-8-17(2)9-11-18/h4-11,16H,3,12-15H2,1-2H3. The van der Waals surface area contributed by atoms with Gasteiger partial charge in [0, 0.05) is 37.3 Å². The molecule has 3 aromatic rings. The highest BCUT2D eigenvalue weighted by Gasteiger charge is 2.27. The summed E-state index contributed by atoms with van der Waals surface area (Å²) in [6.45, 7) is 5.95. The van der Waals surface area contributed by atoms with Crippen molar-refractivity contribution in [3.8, 4) is 22.8 Å². The van der Waals surface area contributed by atoms with Crippen LogP contribution in [0.2, 0.25) is 0 Å². The van der Waals surface area contributed by atoms with E-state index >= 15 is 0 Å². The molecule has 160 valence electrons. The number of hydrogen-bond donors (Lipinski definition) is 0. The fourth-order valence-electron chi connectivity index (χ4n) is 3.58. The molecule has 31 heavy (non-hydrogen) atoms. The predicted octanol–water partition coefficient (Wildman–Crippen LogP) is 4.23. The summed E-state index contributed by atoms with van der Waals surface area (Å²) in [5, 5.41) is 0. The van der Waals surface area contributed by atoms with Crippen LogP contribution in [0.1, 0.15) is 22.8 Å². The van der Waals surface area contributed by atoms with Gasteiger partial charge in [0.25, 0.3) is 5.91 Å². The lowest BCUT2D eigenvalue weighted by Gasteiger charge is -2.34. The molecule has 0 saturated carbocycles. The molecular weight excluding hydrogens is 394 g/mol. The largest absolute Gasteiger partial charge is 0.450 e. The van der Waals surface area contributed by atoms with Crippen molar-refractivity contribution in [2.45, 2.75) is 13.8 Å². The number of benzene rings is 2. The van der Waals surface area contributed by atoms with Gasteiger partial charge < -0.3 is 19.0 Å². The molecule has 0 aliphatic carbocycles. The van der Waals surface area contributed by atoms with Crippen molar-refractivity contribution in [1.29, 1.82) is 0 Å². The second-order valence-electron chi connectivity index (χ2n) is 7.42. The lowest BCUT2D eigenvalue weighted by atomic mass is 10.1. The van der Waals surface area contributed by atoms with Gasteiger partial charge in [-0.2, -0.15) is 0 Å². The van der Waals surface area contributed by atoms with Crippen LogP contribution in [-0.4, -0.2) is 59.6 Å². The highest BCUT2D eigenvalue weighted by molar-refractivity contribution is 6.00. The third kappa shape index (κ3) is 4.45. The number of oxazole rings is 1. The highest BCUT2D eigenvalue weighted by atomic mass is 16.6. The molecule has 0 spiro atoms. The molecule has 4 rings (SSSR count). The van der Waals surface area contributed by atoms with Crippen molar-refractivity contribution < 1.29 is 18.7 Å². The molecule has 2 aromatic carbocycles. The molecule has 0 radical (unpaired) electrons. The van der Waals surface area contributed by atoms with Gasteiger partial charge >= 0.3 is 6.09 Å². The van der Waals surface area contributed by atoms with E-state index in [1.54, 1.807) is 29.0 Å². The summed E-state index contributed by atoms with van der Waals surface area (Å²) < 4.78 is 11.0. The van der Waals surface area contributed by atoms with Gasteiger partial charge in [0.15, 0.2) is 5.76 Å². The highest BCUT2D eigenvalue weighted by Crippen LogP contribution is 2.29. The summed E-state index contributed by atoms with van der Waals surface area (Å²) in [7, 11) is 0. The maximum absolute atomic E-state index is 13.2. The Labute approximate surface area is 181 Å². The van der Waals surface area contributed by atoms with Gasteiger partial charge in [0.2, 0.25) is 5.89 Å². The van der Waals surface area contributed by atoms with Gasteiger partial charge in [-0.05, 0) is 26.0 Å². The number of rotatable bonds is 4.